The van der Waals surface area contributed by atoms with Crippen LogP contribution in [0.3, 0.4) is 0 Å². The molecule has 3 nitrogen and oxygen atoms in total. The van der Waals surface area contributed by atoms with Crippen molar-refractivity contribution in [3.8, 4) is 5.75 Å². The average Bonchev–Trinajstić information content (AvgIpc) is 2.86. The standard InChI is InChI=1S/C14H15F2NO2/c1-9(5-11-3-2-4-19-11)17-8-10-6-12(15)14(18)13(16)7-10/h2-4,6-7,9,17-18H,5,8H2,1H3. The summed E-state index contributed by atoms with van der Waals surface area (Å²) in [5, 5.41) is 12.1. The number of halogens is 2. The highest BCUT2D eigenvalue weighted by atomic mass is 19.1. The van der Waals surface area contributed by atoms with E-state index in [9.17, 15) is 8.78 Å². The molecule has 0 aliphatic carbocycles. The number of rotatable bonds is 5. The van der Waals surface area contributed by atoms with E-state index >= 15 is 0 Å². The van der Waals surface area contributed by atoms with Crippen molar-refractivity contribution in [2.24, 2.45) is 0 Å². The molecule has 0 fully saturated rings. The van der Waals surface area contributed by atoms with Crippen molar-refractivity contribution >= 4 is 0 Å². The molecule has 102 valence electrons. The van der Waals surface area contributed by atoms with Crippen molar-refractivity contribution in [2.75, 3.05) is 0 Å². The van der Waals surface area contributed by atoms with Gasteiger partial charge in [0.25, 0.3) is 0 Å². The van der Waals surface area contributed by atoms with Crippen molar-refractivity contribution in [3.63, 3.8) is 0 Å². The lowest BCUT2D eigenvalue weighted by Gasteiger charge is -2.12. The Hall–Kier alpha value is -1.88. The second-order valence-corrected chi connectivity index (χ2v) is 4.47. The van der Waals surface area contributed by atoms with Crippen LogP contribution in [0.4, 0.5) is 8.78 Å². The summed E-state index contributed by atoms with van der Waals surface area (Å²) in [5.74, 6) is -1.98. The van der Waals surface area contributed by atoms with Gasteiger partial charge in [-0.15, -0.1) is 0 Å². The first-order valence-electron chi connectivity index (χ1n) is 5.99. The van der Waals surface area contributed by atoms with E-state index in [0.717, 1.165) is 17.9 Å². The normalized spacial score (nSPS) is 12.6. The van der Waals surface area contributed by atoms with Gasteiger partial charge in [-0.3, -0.25) is 0 Å². The fourth-order valence-electron chi connectivity index (χ4n) is 1.81. The van der Waals surface area contributed by atoms with E-state index in [1.165, 1.54) is 0 Å². The van der Waals surface area contributed by atoms with Crippen LogP contribution in [0.15, 0.2) is 34.9 Å². The summed E-state index contributed by atoms with van der Waals surface area (Å²) in [6.07, 6.45) is 2.29. The molecule has 2 rings (SSSR count). The van der Waals surface area contributed by atoms with E-state index in [1.54, 1.807) is 6.26 Å². The highest BCUT2D eigenvalue weighted by Gasteiger charge is 2.10. The van der Waals surface area contributed by atoms with Crippen LogP contribution in [0, 0.1) is 11.6 Å². The van der Waals surface area contributed by atoms with Crippen LogP contribution in [0.1, 0.15) is 18.2 Å². The predicted octanol–water partition coefficient (Wildman–Crippen LogP) is 2.98. The van der Waals surface area contributed by atoms with Gasteiger partial charge in [-0.25, -0.2) is 8.78 Å². The van der Waals surface area contributed by atoms with Crippen LogP contribution in [-0.2, 0) is 13.0 Å². The molecule has 0 amide bonds. The predicted molar refractivity (Wildman–Crippen MR) is 66.7 cm³/mol. The van der Waals surface area contributed by atoms with Crippen LogP contribution < -0.4 is 5.32 Å². The summed E-state index contributed by atoms with van der Waals surface area (Å²) < 4.78 is 31.5. The monoisotopic (exact) mass is 267 g/mol. The van der Waals surface area contributed by atoms with Gasteiger partial charge in [0.15, 0.2) is 17.4 Å². The maximum absolute atomic E-state index is 13.1. The molecule has 1 unspecified atom stereocenters. The number of benzene rings is 1. The lowest BCUT2D eigenvalue weighted by molar-refractivity contribution is 0.394. The molecule has 1 atom stereocenters. The van der Waals surface area contributed by atoms with Crippen LogP contribution in [0.2, 0.25) is 0 Å². The zero-order chi connectivity index (χ0) is 13.8. The van der Waals surface area contributed by atoms with Gasteiger partial charge in [-0.1, -0.05) is 0 Å². The highest BCUT2D eigenvalue weighted by molar-refractivity contribution is 5.30. The average molecular weight is 267 g/mol. The Balaban J connectivity index is 1.91. The topological polar surface area (TPSA) is 45.4 Å². The summed E-state index contributed by atoms with van der Waals surface area (Å²) in [6.45, 7) is 2.27. The molecule has 0 spiro atoms. The quantitative estimate of drug-likeness (QED) is 0.875. The third-order valence-electron chi connectivity index (χ3n) is 2.82. The van der Waals surface area contributed by atoms with Gasteiger partial charge in [0.05, 0.1) is 6.26 Å². The summed E-state index contributed by atoms with van der Waals surface area (Å²) in [5.41, 5.74) is 0.444. The highest BCUT2D eigenvalue weighted by Crippen LogP contribution is 2.21. The van der Waals surface area contributed by atoms with Crippen molar-refractivity contribution in [3.05, 3.63) is 53.5 Å². The van der Waals surface area contributed by atoms with Gasteiger partial charge < -0.3 is 14.8 Å². The van der Waals surface area contributed by atoms with E-state index in [2.05, 4.69) is 5.32 Å². The van der Waals surface area contributed by atoms with Gasteiger partial charge in [0.1, 0.15) is 5.76 Å². The van der Waals surface area contributed by atoms with Crippen molar-refractivity contribution in [1.29, 1.82) is 0 Å². The van der Waals surface area contributed by atoms with Crippen molar-refractivity contribution in [1.82, 2.24) is 5.32 Å². The van der Waals surface area contributed by atoms with Gasteiger partial charge in [0, 0.05) is 19.0 Å². The molecule has 0 saturated heterocycles. The Morgan fingerprint density at radius 3 is 2.58 bits per heavy atom. The molecule has 2 aromatic rings. The number of hydrogen-bond donors (Lipinski definition) is 2. The van der Waals surface area contributed by atoms with Crippen LogP contribution in [-0.4, -0.2) is 11.1 Å². The Kier molecular flexibility index (Phi) is 4.16. The number of furan rings is 1. The van der Waals surface area contributed by atoms with E-state index in [4.69, 9.17) is 9.52 Å². The SMILES string of the molecule is CC(Cc1ccco1)NCc1cc(F)c(O)c(F)c1. The van der Waals surface area contributed by atoms with Gasteiger partial charge in [-0.05, 0) is 36.8 Å². The molecule has 1 aromatic heterocycles. The molecule has 0 radical (unpaired) electrons. The summed E-state index contributed by atoms with van der Waals surface area (Å²) >= 11 is 0. The lowest BCUT2D eigenvalue weighted by atomic mass is 10.1. The van der Waals surface area contributed by atoms with Crippen LogP contribution in [0.5, 0.6) is 5.75 Å². The minimum absolute atomic E-state index is 0.103. The third-order valence-corrected chi connectivity index (χ3v) is 2.82. The molecule has 1 heterocycles. The Morgan fingerprint density at radius 1 is 1.32 bits per heavy atom. The van der Waals surface area contributed by atoms with Crippen LogP contribution >= 0.6 is 0 Å². The van der Waals surface area contributed by atoms with Crippen LogP contribution in [0.25, 0.3) is 0 Å². The molecule has 5 heteroatoms. The lowest BCUT2D eigenvalue weighted by Crippen LogP contribution is -2.27. The molecule has 0 saturated carbocycles. The summed E-state index contributed by atoms with van der Waals surface area (Å²) in [7, 11) is 0. The summed E-state index contributed by atoms with van der Waals surface area (Å²) in [6, 6.07) is 6.02. The van der Waals surface area contributed by atoms with Gasteiger partial charge >= 0.3 is 0 Å². The molecule has 0 aliphatic rings. The molecular weight excluding hydrogens is 252 g/mol. The fraction of sp³-hybridized carbons (Fsp3) is 0.286. The Labute approximate surface area is 109 Å². The van der Waals surface area contributed by atoms with Crippen molar-refractivity contribution in [2.45, 2.75) is 25.9 Å². The molecule has 19 heavy (non-hydrogen) atoms. The Morgan fingerprint density at radius 2 is 2.00 bits per heavy atom. The largest absolute Gasteiger partial charge is 0.503 e. The maximum Gasteiger partial charge on any atom is 0.187 e. The first-order valence-corrected chi connectivity index (χ1v) is 5.99. The first kappa shape index (κ1) is 13.5. The number of phenols is 1. The molecule has 0 bridgehead atoms. The zero-order valence-corrected chi connectivity index (χ0v) is 10.5. The van der Waals surface area contributed by atoms with E-state index in [0.29, 0.717) is 18.5 Å². The number of phenolic OH excluding ortho intramolecular Hbond substituents is 1. The van der Waals surface area contributed by atoms with Gasteiger partial charge in [0.2, 0.25) is 0 Å². The molecule has 0 aliphatic heterocycles. The summed E-state index contributed by atoms with van der Waals surface area (Å²) in [4.78, 5) is 0. The third kappa shape index (κ3) is 3.54. The smallest absolute Gasteiger partial charge is 0.187 e. The second kappa shape index (κ2) is 5.84. The molecule has 2 N–H and O–H groups in total. The molecule has 1 aromatic carbocycles. The number of hydrogen-bond acceptors (Lipinski definition) is 3. The fourth-order valence-corrected chi connectivity index (χ4v) is 1.81. The minimum atomic E-state index is -0.949. The first-order chi connectivity index (χ1) is 9.06. The van der Waals surface area contributed by atoms with E-state index < -0.39 is 17.4 Å². The second-order valence-electron chi connectivity index (χ2n) is 4.47. The van der Waals surface area contributed by atoms with E-state index in [1.807, 2.05) is 19.1 Å². The number of nitrogens with one attached hydrogen (secondary N) is 1. The molecular formula is C14H15F2NO2. The Bertz CT molecular complexity index is 517. The van der Waals surface area contributed by atoms with E-state index in [-0.39, 0.29) is 6.04 Å². The minimum Gasteiger partial charge on any atom is -0.503 e. The number of aromatic hydroxyl groups is 1. The maximum atomic E-state index is 13.1. The zero-order valence-electron chi connectivity index (χ0n) is 10.5. The van der Waals surface area contributed by atoms with Gasteiger partial charge in [-0.2, -0.15) is 0 Å². The van der Waals surface area contributed by atoms with Crippen molar-refractivity contribution < 1.29 is 18.3 Å².